The molecule has 0 saturated carbocycles. The fourth-order valence-corrected chi connectivity index (χ4v) is 2.66. The van der Waals surface area contributed by atoms with E-state index in [0.29, 0.717) is 5.92 Å². The average molecular weight is 286 g/mol. The molecule has 1 aromatic heterocycles. The van der Waals surface area contributed by atoms with Gasteiger partial charge in [-0.05, 0) is 49.8 Å². The molecule has 0 unspecified atom stereocenters. The Labute approximate surface area is 127 Å². The Morgan fingerprint density at radius 3 is 2.67 bits per heavy atom. The van der Waals surface area contributed by atoms with Gasteiger partial charge in [0, 0.05) is 5.56 Å². The fraction of sp³-hybridized carbons (Fsp3) is 0.500. The monoisotopic (exact) mass is 286 g/mol. The highest BCUT2D eigenvalue weighted by molar-refractivity contribution is 5.41. The summed E-state index contributed by atoms with van der Waals surface area (Å²) in [5.41, 5.74) is 4.41. The SMILES string of the molecule is CCCCc1c(CC(C)C)c(O)nn1-c1cccc(C)c1. The van der Waals surface area contributed by atoms with E-state index in [0.717, 1.165) is 42.6 Å². The van der Waals surface area contributed by atoms with E-state index in [1.165, 1.54) is 5.56 Å². The summed E-state index contributed by atoms with van der Waals surface area (Å²) in [4.78, 5) is 0. The van der Waals surface area contributed by atoms with Crippen molar-refractivity contribution >= 4 is 0 Å². The van der Waals surface area contributed by atoms with Crippen LogP contribution in [0.3, 0.4) is 0 Å². The molecule has 2 aromatic rings. The fourth-order valence-electron chi connectivity index (χ4n) is 2.66. The van der Waals surface area contributed by atoms with Crippen LogP contribution >= 0.6 is 0 Å². The molecular weight excluding hydrogens is 260 g/mol. The van der Waals surface area contributed by atoms with Gasteiger partial charge >= 0.3 is 0 Å². The van der Waals surface area contributed by atoms with E-state index in [-0.39, 0.29) is 5.88 Å². The molecule has 3 heteroatoms. The summed E-state index contributed by atoms with van der Waals surface area (Å²) in [7, 11) is 0. The summed E-state index contributed by atoms with van der Waals surface area (Å²) in [6.45, 7) is 8.61. The molecule has 1 heterocycles. The standard InChI is InChI=1S/C18H26N2O/c1-5-6-10-17-16(11-13(2)3)18(21)19-20(17)15-9-7-8-14(4)12-15/h7-9,12-13H,5-6,10-11H2,1-4H3,(H,19,21). The Balaban J connectivity index is 2.49. The minimum atomic E-state index is 0.191. The number of nitrogens with zero attached hydrogens (tertiary/aromatic N) is 2. The second-order valence-corrected chi connectivity index (χ2v) is 6.20. The third-order valence-corrected chi connectivity index (χ3v) is 3.69. The number of hydrogen-bond donors (Lipinski definition) is 1. The molecule has 0 amide bonds. The zero-order chi connectivity index (χ0) is 15.4. The molecule has 0 aliphatic rings. The average Bonchev–Trinajstić information content (AvgIpc) is 2.73. The van der Waals surface area contributed by atoms with E-state index >= 15 is 0 Å². The van der Waals surface area contributed by atoms with Crippen LogP contribution < -0.4 is 0 Å². The number of hydrogen-bond acceptors (Lipinski definition) is 2. The molecule has 114 valence electrons. The highest BCUT2D eigenvalue weighted by atomic mass is 16.3. The summed E-state index contributed by atoms with van der Waals surface area (Å²) in [6.07, 6.45) is 4.08. The molecule has 0 atom stereocenters. The first-order chi connectivity index (χ1) is 10.0. The molecule has 0 fully saturated rings. The van der Waals surface area contributed by atoms with Gasteiger partial charge in [0.25, 0.3) is 0 Å². The summed E-state index contributed by atoms with van der Waals surface area (Å²) in [5.74, 6) is 0.697. The quantitative estimate of drug-likeness (QED) is 0.853. The summed E-state index contributed by atoms with van der Waals surface area (Å²) in [6, 6.07) is 8.28. The smallest absolute Gasteiger partial charge is 0.234 e. The van der Waals surface area contributed by atoms with Gasteiger partial charge in [-0.2, -0.15) is 0 Å². The summed E-state index contributed by atoms with van der Waals surface area (Å²) >= 11 is 0. The van der Waals surface area contributed by atoms with Gasteiger partial charge in [-0.3, -0.25) is 0 Å². The molecule has 0 aliphatic carbocycles. The van der Waals surface area contributed by atoms with Crippen molar-refractivity contribution in [1.29, 1.82) is 0 Å². The van der Waals surface area contributed by atoms with Crippen LogP contribution in [0.4, 0.5) is 0 Å². The van der Waals surface area contributed by atoms with Crippen molar-refractivity contribution in [2.24, 2.45) is 5.92 Å². The predicted molar refractivity (Wildman–Crippen MR) is 87.1 cm³/mol. The Bertz CT molecular complexity index is 599. The van der Waals surface area contributed by atoms with E-state index in [9.17, 15) is 5.11 Å². The zero-order valence-electron chi connectivity index (χ0n) is 13.6. The second-order valence-electron chi connectivity index (χ2n) is 6.20. The number of benzene rings is 1. The predicted octanol–water partition coefficient (Wildman–Crippen LogP) is 4.43. The lowest BCUT2D eigenvalue weighted by Gasteiger charge is -2.11. The van der Waals surface area contributed by atoms with Crippen LogP contribution in [0.25, 0.3) is 5.69 Å². The van der Waals surface area contributed by atoms with Crippen LogP contribution in [-0.2, 0) is 12.8 Å². The first kappa shape index (κ1) is 15.6. The van der Waals surface area contributed by atoms with Crippen molar-refractivity contribution in [1.82, 2.24) is 9.78 Å². The third kappa shape index (κ3) is 3.66. The normalized spacial score (nSPS) is 11.3. The van der Waals surface area contributed by atoms with Crippen molar-refractivity contribution in [3.63, 3.8) is 0 Å². The van der Waals surface area contributed by atoms with Gasteiger partial charge in [-0.15, -0.1) is 5.10 Å². The van der Waals surface area contributed by atoms with Gasteiger partial charge < -0.3 is 5.11 Å². The van der Waals surface area contributed by atoms with Crippen LogP contribution in [0, 0.1) is 12.8 Å². The lowest BCUT2D eigenvalue weighted by Crippen LogP contribution is -2.05. The van der Waals surface area contributed by atoms with E-state index in [4.69, 9.17) is 0 Å². The van der Waals surface area contributed by atoms with Crippen LogP contribution in [0.15, 0.2) is 24.3 Å². The van der Waals surface area contributed by atoms with E-state index in [1.807, 2.05) is 16.8 Å². The number of rotatable bonds is 6. The first-order valence-corrected chi connectivity index (χ1v) is 7.89. The van der Waals surface area contributed by atoms with E-state index in [1.54, 1.807) is 0 Å². The molecule has 21 heavy (non-hydrogen) atoms. The van der Waals surface area contributed by atoms with E-state index < -0.39 is 0 Å². The Morgan fingerprint density at radius 2 is 2.05 bits per heavy atom. The van der Waals surface area contributed by atoms with Crippen molar-refractivity contribution in [2.75, 3.05) is 0 Å². The van der Waals surface area contributed by atoms with Crippen molar-refractivity contribution in [2.45, 2.75) is 53.4 Å². The molecule has 0 spiro atoms. The highest BCUT2D eigenvalue weighted by Crippen LogP contribution is 2.28. The van der Waals surface area contributed by atoms with Crippen LogP contribution in [-0.4, -0.2) is 14.9 Å². The molecule has 0 aliphatic heterocycles. The molecule has 0 radical (unpaired) electrons. The van der Waals surface area contributed by atoms with Crippen molar-refractivity contribution in [3.05, 3.63) is 41.1 Å². The molecule has 1 N–H and O–H groups in total. The van der Waals surface area contributed by atoms with Gasteiger partial charge in [0.05, 0.1) is 11.4 Å². The minimum absolute atomic E-state index is 0.191. The largest absolute Gasteiger partial charge is 0.492 e. The van der Waals surface area contributed by atoms with Crippen molar-refractivity contribution < 1.29 is 5.11 Å². The Hall–Kier alpha value is -1.77. The van der Waals surface area contributed by atoms with Gasteiger partial charge in [0.2, 0.25) is 5.88 Å². The summed E-state index contributed by atoms with van der Waals surface area (Å²) < 4.78 is 1.93. The van der Waals surface area contributed by atoms with E-state index in [2.05, 4.69) is 44.9 Å². The van der Waals surface area contributed by atoms with Gasteiger partial charge in [-0.1, -0.05) is 39.3 Å². The third-order valence-electron chi connectivity index (χ3n) is 3.69. The second kappa shape index (κ2) is 6.79. The molecule has 1 aromatic carbocycles. The molecule has 3 nitrogen and oxygen atoms in total. The minimum Gasteiger partial charge on any atom is -0.492 e. The lowest BCUT2D eigenvalue weighted by atomic mass is 10.0. The maximum atomic E-state index is 10.3. The topological polar surface area (TPSA) is 38.1 Å². The van der Waals surface area contributed by atoms with Gasteiger partial charge in [0.15, 0.2) is 0 Å². The first-order valence-electron chi connectivity index (χ1n) is 7.89. The van der Waals surface area contributed by atoms with Crippen LogP contribution in [0.2, 0.25) is 0 Å². The highest BCUT2D eigenvalue weighted by Gasteiger charge is 2.18. The maximum absolute atomic E-state index is 10.3. The van der Waals surface area contributed by atoms with Gasteiger partial charge in [0.1, 0.15) is 0 Å². The van der Waals surface area contributed by atoms with Gasteiger partial charge in [-0.25, -0.2) is 4.68 Å². The Morgan fingerprint density at radius 1 is 1.29 bits per heavy atom. The number of aromatic nitrogens is 2. The maximum Gasteiger partial charge on any atom is 0.234 e. The molecule has 0 bridgehead atoms. The lowest BCUT2D eigenvalue weighted by molar-refractivity contribution is 0.438. The molecule has 2 rings (SSSR count). The molecular formula is C18H26N2O. The number of unbranched alkanes of at least 4 members (excludes halogenated alkanes) is 1. The zero-order valence-corrected chi connectivity index (χ0v) is 13.6. The number of aromatic hydroxyl groups is 1. The van der Waals surface area contributed by atoms with Crippen molar-refractivity contribution in [3.8, 4) is 11.6 Å². The Kier molecular flexibility index (Phi) is 5.05. The van der Waals surface area contributed by atoms with Crippen LogP contribution in [0.5, 0.6) is 5.88 Å². The summed E-state index contributed by atoms with van der Waals surface area (Å²) in [5, 5.41) is 14.7. The van der Waals surface area contributed by atoms with Crippen LogP contribution in [0.1, 0.15) is 50.4 Å². The molecule has 0 saturated heterocycles. The number of aryl methyl sites for hydroxylation is 1.